The van der Waals surface area contributed by atoms with E-state index in [2.05, 4.69) is 25.1 Å². The van der Waals surface area contributed by atoms with E-state index in [1.165, 1.54) is 5.56 Å². The van der Waals surface area contributed by atoms with Crippen LogP contribution >= 0.6 is 0 Å². The molecule has 0 spiro atoms. The van der Waals surface area contributed by atoms with Crippen molar-refractivity contribution >= 4 is 0 Å². The number of epoxide rings is 1. The van der Waals surface area contributed by atoms with Gasteiger partial charge in [-0.2, -0.15) is 5.26 Å². The summed E-state index contributed by atoms with van der Waals surface area (Å²) in [5, 5.41) is 8.59. The second-order valence-electron chi connectivity index (χ2n) is 3.20. The van der Waals surface area contributed by atoms with Gasteiger partial charge in [-0.15, -0.1) is 0 Å². The summed E-state index contributed by atoms with van der Waals surface area (Å²) in [6, 6.07) is 10.3. The lowest BCUT2D eigenvalue weighted by Gasteiger charge is -1.98. The lowest BCUT2D eigenvalue weighted by atomic mass is 10.1. The van der Waals surface area contributed by atoms with Crippen LogP contribution in [0.2, 0.25) is 0 Å². The normalized spacial score (nSPS) is 25.2. The molecule has 2 nitrogen and oxygen atoms in total. The van der Waals surface area contributed by atoms with Crippen LogP contribution in [0.15, 0.2) is 24.3 Å². The maximum absolute atomic E-state index is 8.59. The fraction of sp³-hybridized carbons (Fsp3) is 0.364. The molecule has 2 unspecified atom stereocenters. The minimum atomic E-state index is -0.216. The van der Waals surface area contributed by atoms with Crippen molar-refractivity contribution in [2.45, 2.75) is 25.6 Å². The quantitative estimate of drug-likeness (QED) is 0.643. The van der Waals surface area contributed by atoms with Gasteiger partial charge in [0.1, 0.15) is 6.10 Å². The first-order valence-electron chi connectivity index (χ1n) is 4.49. The third-order valence-electron chi connectivity index (χ3n) is 2.31. The van der Waals surface area contributed by atoms with E-state index in [-0.39, 0.29) is 12.2 Å². The Balaban J connectivity index is 2.19. The smallest absolute Gasteiger partial charge is 0.175 e. The van der Waals surface area contributed by atoms with Gasteiger partial charge in [0.25, 0.3) is 0 Å². The number of hydrogen-bond donors (Lipinski definition) is 0. The third-order valence-corrected chi connectivity index (χ3v) is 2.31. The zero-order valence-corrected chi connectivity index (χ0v) is 7.53. The standard InChI is InChI=1S/C11H11NO/c1-2-8-4-3-5-9(6-8)11-10(7-12)13-11/h3-6,10-11H,2H2,1H3. The number of aryl methyl sites for hydroxylation is 1. The highest BCUT2D eigenvalue weighted by molar-refractivity contribution is 5.30. The molecule has 0 N–H and O–H groups in total. The molecule has 0 radical (unpaired) electrons. The SMILES string of the molecule is CCc1cccc(C2OC2C#N)c1. The molecule has 2 atom stereocenters. The van der Waals surface area contributed by atoms with Crippen LogP contribution < -0.4 is 0 Å². The lowest BCUT2D eigenvalue weighted by Crippen LogP contribution is -1.87. The Kier molecular flexibility index (Phi) is 2.03. The van der Waals surface area contributed by atoms with Gasteiger partial charge in [-0.05, 0) is 17.5 Å². The zero-order chi connectivity index (χ0) is 9.26. The number of benzene rings is 1. The fourth-order valence-electron chi connectivity index (χ4n) is 1.45. The number of hydrogen-bond acceptors (Lipinski definition) is 2. The third kappa shape index (κ3) is 1.56. The minimum Gasteiger partial charge on any atom is -0.348 e. The summed E-state index contributed by atoms with van der Waals surface area (Å²) in [7, 11) is 0. The van der Waals surface area contributed by atoms with Gasteiger partial charge in [0.2, 0.25) is 0 Å². The van der Waals surface area contributed by atoms with E-state index in [0.717, 1.165) is 12.0 Å². The van der Waals surface area contributed by atoms with E-state index < -0.39 is 0 Å². The van der Waals surface area contributed by atoms with Crippen LogP contribution in [-0.2, 0) is 11.2 Å². The number of nitrogens with zero attached hydrogens (tertiary/aromatic N) is 1. The number of nitriles is 1. The molecule has 1 aromatic rings. The Labute approximate surface area is 77.8 Å². The molecule has 1 aliphatic rings. The first-order chi connectivity index (χ1) is 6.35. The van der Waals surface area contributed by atoms with Crippen molar-refractivity contribution in [1.82, 2.24) is 0 Å². The van der Waals surface area contributed by atoms with Gasteiger partial charge in [-0.25, -0.2) is 0 Å². The summed E-state index contributed by atoms with van der Waals surface area (Å²) in [6.07, 6.45) is 0.834. The number of ether oxygens (including phenoxy) is 1. The molecule has 0 aromatic heterocycles. The molecule has 1 heterocycles. The van der Waals surface area contributed by atoms with Crippen molar-refractivity contribution in [3.8, 4) is 6.07 Å². The second-order valence-corrected chi connectivity index (χ2v) is 3.20. The molecule has 0 bridgehead atoms. The van der Waals surface area contributed by atoms with Gasteiger partial charge in [-0.3, -0.25) is 0 Å². The zero-order valence-electron chi connectivity index (χ0n) is 7.53. The van der Waals surface area contributed by atoms with Gasteiger partial charge >= 0.3 is 0 Å². The van der Waals surface area contributed by atoms with Crippen molar-refractivity contribution in [3.63, 3.8) is 0 Å². The molecule has 0 amide bonds. The predicted octanol–water partition coefficient (Wildman–Crippen LogP) is 2.21. The first kappa shape index (κ1) is 8.28. The first-order valence-corrected chi connectivity index (χ1v) is 4.49. The fourth-order valence-corrected chi connectivity index (χ4v) is 1.45. The van der Waals surface area contributed by atoms with Crippen molar-refractivity contribution in [2.75, 3.05) is 0 Å². The molecule has 1 aromatic carbocycles. The van der Waals surface area contributed by atoms with Crippen LogP contribution in [0.5, 0.6) is 0 Å². The van der Waals surface area contributed by atoms with Crippen LogP contribution in [0.4, 0.5) is 0 Å². The Hall–Kier alpha value is -1.33. The molecule has 0 saturated carbocycles. The Morgan fingerprint density at radius 2 is 2.38 bits per heavy atom. The minimum absolute atomic E-state index is 0.0245. The Morgan fingerprint density at radius 1 is 1.54 bits per heavy atom. The molecule has 2 rings (SSSR count). The van der Waals surface area contributed by atoms with Gasteiger partial charge in [-0.1, -0.05) is 31.2 Å². The average Bonchev–Trinajstić information content (AvgIpc) is 2.97. The van der Waals surface area contributed by atoms with Crippen LogP contribution in [0, 0.1) is 11.3 Å². The monoisotopic (exact) mass is 173 g/mol. The molecular formula is C11H11NO. The van der Waals surface area contributed by atoms with Crippen LogP contribution in [0.25, 0.3) is 0 Å². The van der Waals surface area contributed by atoms with Crippen molar-refractivity contribution in [3.05, 3.63) is 35.4 Å². The van der Waals surface area contributed by atoms with Crippen LogP contribution in [0.1, 0.15) is 24.2 Å². The van der Waals surface area contributed by atoms with E-state index in [9.17, 15) is 0 Å². The summed E-state index contributed by atoms with van der Waals surface area (Å²) in [5.41, 5.74) is 2.43. The molecular weight excluding hydrogens is 162 g/mol. The lowest BCUT2D eigenvalue weighted by molar-refractivity contribution is 0.396. The summed E-state index contributed by atoms with van der Waals surface area (Å²) in [4.78, 5) is 0. The molecule has 66 valence electrons. The highest BCUT2D eigenvalue weighted by Gasteiger charge is 2.40. The van der Waals surface area contributed by atoms with Crippen LogP contribution in [0.3, 0.4) is 0 Å². The average molecular weight is 173 g/mol. The van der Waals surface area contributed by atoms with E-state index in [1.807, 2.05) is 12.1 Å². The molecule has 1 aliphatic heterocycles. The van der Waals surface area contributed by atoms with Gasteiger partial charge < -0.3 is 4.74 Å². The van der Waals surface area contributed by atoms with Crippen molar-refractivity contribution < 1.29 is 4.74 Å². The maximum atomic E-state index is 8.59. The van der Waals surface area contributed by atoms with Gasteiger partial charge in [0.15, 0.2) is 6.10 Å². The van der Waals surface area contributed by atoms with E-state index >= 15 is 0 Å². The topological polar surface area (TPSA) is 36.3 Å². The van der Waals surface area contributed by atoms with E-state index in [4.69, 9.17) is 10.00 Å². The van der Waals surface area contributed by atoms with E-state index in [0.29, 0.717) is 0 Å². The summed E-state index contributed by atoms with van der Waals surface area (Å²) >= 11 is 0. The van der Waals surface area contributed by atoms with Crippen molar-refractivity contribution in [1.29, 1.82) is 5.26 Å². The molecule has 2 heteroatoms. The predicted molar refractivity (Wildman–Crippen MR) is 49.0 cm³/mol. The highest BCUT2D eigenvalue weighted by Crippen LogP contribution is 2.38. The summed E-state index contributed by atoms with van der Waals surface area (Å²) in [5.74, 6) is 0. The summed E-state index contributed by atoms with van der Waals surface area (Å²) in [6.45, 7) is 2.12. The van der Waals surface area contributed by atoms with Crippen LogP contribution in [-0.4, -0.2) is 6.10 Å². The second kappa shape index (κ2) is 3.20. The molecule has 1 saturated heterocycles. The Morgan fingerprint density at radius 3 is 3.00 bits per heavy atom. The largest absolute Gasteiger partial charge is 0.348 e. The van der Waals surface area contributed by atoms with Gasteiger partial charge in [0.05, 0.1) is 6.07 Å². The highest BCUT2D eigenvalue weighted by atomic mass is 16.6. The summed E-state index contributed by atoms with van der Waals surface area (Å²) < 4.78 is 5.19. The molecule has 13 heavy (non-hydrogen) atoms. The van der Waals surface area contributed by atoms with Crippen molar-refractivity contribution in [2.24, 2.45) is 0 Å². The molecule has 0 aliphatic carbocycles. The van der Waals surface area contributed by atoms with Gasteiger partial charge in [0, 0.05) is 0 Å². The van der Waals surface area contributed by atoms with E-state index in [1.54, 1.807) is 0 Å². The number of rotatable bonds is 2. The molecule has 1 fully saturated rings. The Bertz CT molecular complexity index is 353. The maximum Gasteiger partial charge on any atom is 0.175 e.